The highest BCUT2D eigenvalue weighted by atomic mass is 16.8. The van der Waals surface area contributed by atoms with Crippen LogP contribution in [0.1, 0.15) is 33.2 Å². The molecule has 0 spiro atoms. The van der Waals surface area contributed by atoms with E-state index in [1.54, 1.807) is 48.5 Å². The van der Waals surface area contributed by atoms with Crippen molar-refractivity contribution in [2.45, 2.75) is 12.8 Å². The number of ether oxygens (including phenoxy) is 2. The summed E-state index contributed by atoms with van der Waals surface area (Å²) in [6, 6.07) is 13.2. The molecule has 2 aliphatic rings. The molecule has 1 unspecified atom stereocenters. The van der Waals surface area contributed by atoms with Gasteiger partial charge in [0.1, 0.15) is 0 Å². The standard InChI is InChI=1S/C17H11NO5/c1-10(19)22-17-13-8-4-2-6-11(13)15(20)18(17)14-9-5-3-7-12(14)16(21)23-17/h2-9H,1H3. The maximum atomic E-state index is 12.8. The number of anilines is 1. The Morgan fingerprint density at radius 2 is 1.70 bits per heavy atom. The van der Waals surface area contributed by atoms with Crippen molar-refractivity contribution in [2.24, 2.45) is 0 Å². The number of benzene rings is 2. The summed E-state index contributed by atoms with van der Waals surface area (Å²) in [5.74, 6) is -3.58. The van der Waals surface area contributed by atoms with Crippen molar-refractivity contribution in [1.82, 2.24) is 0 Å². The molecular formula is C17H11NO5. The van der Waals surface area contributed by atoms with Gasteiger partial charge in [-0.3, -0.25) is 9.59 Å². The number of esters is 2. The van der Waals surface area contributed by atoms with Gasteiger partial charge in [0.2, 0.25) is 0 Å². The van der Waals surface area contributed by atoms with Crippen LogP contribution in [-0.2, 0) is 20.2 Å². The quantitative estimate of drug-likeness (QED) is 0.755. The molecule has 0 aliphatic carbocycles. The van der Waals surface area contributed by atoms with E-state index in [4.69, 9.17) is 9.47 Å². The van der Waals surface area contributed by atoms with Gasteiger partial charge in [-0.05, 0) is 24.3 Å². The van der Waals surface area contributed by atoms with Crippen molar-refractivity contribution in [1.29, 1.82) is 0 Å². The number of carbonyl (C=O) groups excluding carboxylic acids is 3. The normalized spacial score (nSPS) is 21.2. The molecule has 6 nitrogen and oxygen atoms in total. The first-order valence-corrected chi connectivity index (χ1v) is 7.00. The van der Waals surface area contributed by atoms with Crippen LogP contribution in [0.2, 0.25) is 0 Å². The number of rotatable bonds is 1. The molecule has 0 saturated carbocycles. The number of nitrogens with zero attached hydrogens (tertiary/aromatic N) is 1. The molecule has 0 radical (unpaired) electrons. The lowest BCUT2D eigenvalue weighted by molar-refractivity contribution is -0.209. The topological polar surface area (TPSA) is 72.9 Å². The van der Waals surface area contributed by atoms with E-state index in [2.05, 4.69) is 0 Å². The minimum absolute atomic E-state index is 0.247. The Hall–Kier alpha value is -3.15. The van der Waals surface area contributed by atoms with E-state index in [0.29, 0.717) is 16.8 Å². The number of amides is 1. The van der Waals surface area contributed by atoms with Crippen LogP contribution in [0.15, 0.2) is 48.5 Å². The molecule has 0 bridgehead atoms. The molecule has 1 amide bonds. The van der Waals surface area contributed by atoms with Crippen molar-refractivity contribution in [3.63, 3.8) is 0 Å². The summed E-state index contributed by atoms with van der Waals surface area (Å²) < 4.78 is 10.8. The van der Waals surface area contributed by atoms with Crippen molar-refractivity contribution in [3.8, 4) is 0 Å². The third-order valence-corrected chi connectivity index (χ3v) is 3.87. The summed E-state index contributed by atoms with van der Waals surface area (Å²) in [5, 5.41) is 0. The van der Waals surface area contributed by atoms with Crippen LogP contribution in [-0.4, -0.2) is 17.8 Å². The van der Waals surface area contributed by atoms with E-state index in [9.17, 15) is 14.4 Å². The van der Waals surface area contributed by atoms with Crippen LogP contribution in [0.25, 0.3) is 0 Å². The summed E-state index contributed by atoms with van der Waals surface area (Å²) in [6.07, 6.45) is 0. The smallest absolute Gasteiger partial charge is 0.379 e. The SMILES string of the molecule is CC(=O)OC12OC(=O)c3ccccc3N1C(=O)c1ccccc12. The molecule has 23 heavy (non-hydrogen) atoms. The highest BCUT2D eigenvalue weighted by molar-refractivity contribution is 6.16. The molecule has 114 valence electrons. The van der Waals surface area contributed by atoms with Gasteiger partial charge in [0.25, 0.3) is 5.91 Å². The summed E-state index contributed by atoms with van der Waals surface area (Å²) >= 11 is 0. The average Bonchev–Trinajstić information content (AvgIpc) is 2.77. The van der Waals surface area contributed by atoms with Crippen LogP contribution >= 0.6 is 0 Å². The molecule has 0 aromatic heterocycles. The van der Waals surface area contributed by atoms with E-state index in [-0.39, 0.29) is 11.5 Å². The zero-order valence-corrected chi connectivity index (χ0v) is 12.1. The van der Waals surface area contributed by atoms with Crippen molar-refractivity contribution >= 4 is 23.5 Å². The van der Waals surface area contributed by atoms with Crippen LogP contribution in [0.5, 0.6) is 0 Å². The van der Waals surface area contributed by atoms with Crippen LogP contribution in [0.3, 0.4) is 0 Å². The first kappa shape index (κ1) is 13.5. The molecule has 1 atom stereocenters. The van der Waals surface area contributed by atoms with Crippen LogP contribution in [0, 0.1) is 0 Å². The number of carbonyl (C=O) groups is 3. The first-order valence-electron chi connectivity index (χ1n) is 7.00. The van der Waals surface area contributed by atoms with E-state index >= 15 is 0 Å². The van der Waals surface area contributed by atoms with Crippen molar-refractivity contribution < 1.29 is 23.9 Å². The minimum Gasteiger partial charge on any atom is -0.399 e. The zero-order valence-electron chi connectivity index (χ0n) is 12.1. The fraction of sp³-hybridized carbons (Fsp3) is 0.118. The second-order valence-electron chi connectivity index (χ2n) is 5.27. The predicted molar refractivity (Wildman–Crippen MR) is 78.6 cm³/mol. The second kappa shape index (κ2) is 4.42. The molecule has 4 rings (SSSR count). The Bertz CT molecular complexity index is 875. The largest absolute Gasteiger partial charge is 0.399 e. The van der Waals surface area contributed by atoms with Gasteiger partial charge < -0.3 is 9.47 Å². The fourth-order valence-electron chi connectivity index (χ4n) is 3.03. The fourth-order valence-corrected chi connectivity index (χ4v) is 3.03. The monoisotopic (exact) mass is 309 g/mol. The Labute approximate surface area is 131 Å². The molecule has 2 aromatic rings. The van der Waals surface area contributed by atoms with Gasteiger partial charge in [-0.15, -0.1) is 0 Å². The van der Waals surface area contributed by atoms with Gasteiger partial charge in [-0.1, -0.05) is 24.3 Å². The lowest BCUT2D eigenvalue weighted by Gasteiger charge is -2.40. The molecule has 0 fully saturated rings. The number of hydrogen-bond acceptors (Lipinski definition) is 5. The number of para-hydroxylation sites is 1. The van der Waals surface area contributed by atoms with Crippen molar-refractivity contribution in [3.05, 3.63) is 65.2 Å². The summed E-state index contributed by atoms with van der Waals surface area (Å²) in [4.78, 5) is 38.1. The van der Waals surface area contributed by atoms with E-state index in [1.807, 2.05) is 0 Å². The first-order chi connectivity index (χ1) is 11.0. The van der Waals surface area contributed by atoms with Gasteiger partial charge in [0.05, 0.1) is 22.4 Å². The van der Waals surface area contributed by atoms with Gasteiger partial charge in [-0.25, -0.2) is 9.69 Å². The minimum atomic E-state index is -1.88. The van der Waals surface area contributed by atoms with Crippen LogP contribution < -0.4 is 4.90 Å². The lowest BCUT2D eigenvalue weighted by atomic mass is 10.1. The van der Waals surface area contributed by atoms with Gasteiger partial charge >= 0.3 is 17.8 Å². The zero-order chi connectivity index (χ0) is 16.2. The summed E-state index contributed by atoms with van der Waals surface area (Å²) in [7, 11) is 0. The molecule has 6 heteroatoms. The molecule has 0 saturated heterocycles. The van der Waals surface area contributed by atoms with E-state index in [0.717, 1.165) is 0 Å². The molecule has 2 heterocycles. The summed E-state index contributed by atoms with van der Waals surface area (Å²) in [5.41, 5.74) is 1.27. The molecule has 2 aliphatic heterocycles. The number of fused-ring (bicyclic) bond motifs is 5. The second-order valence-corrected chi connectivity index (χ2v) is 5.27. The van der Waals surface area contributed by atoms with E-state index in [1.165, 1.54) is 11.8 Å². The summed E-state index contributed by atoms with van der Waals surface area (Å²) in [6.45, 7) is 1.20. The molecule has 2 aromatic carbocycles. The van der Waals surface area contributed by atoms with Gasteiger partial charge in [0.15, 0.2) is 0 Å². The maximum Gasteiger partial charge on any atom is 0.379 e. The molecule has 0 N–H and O–H groups in total. The average molecular weight is 309 g/mol. The lowest BCUT2D eigenvalue weighted by Crippen LogP contribution is -2.53. The Balaban J connectivity index is 2.04. The van der Waals surface area contributed by atoms with Gasteiger partial charge in [0, 0.05) is 6.92 Å². The third kappa shape index (κ3) is 1.66. The van der Waals surface area contributed by atoms with Crippen LogP contribution in [0.4, 0.5) is 5.69 Å². The van der Waals surface area contributed by atoms with Crippen molar-refractivity contribution in [2.75, 3.05) is 4.90 Å². The Kier molecular flexibility index (Phi) is 2.60. The highest BCUT2D eigenvalue weighted by Crippen LogP contribution is 2.48. The predicted octanol–water partition coefficient (Wildman–Crippen LogP) is 2.19. The highest BCUT2D eigenvalue weighted by Gasteiger charge is 2.60. The maximum absolute atomic E-state index is 12.8. The Morgan fingerprint density at radius 1 is 1.04 bits per heavy atom. The Morgan fingerprint density at radius 3 is 2.43 bits per heavy atom. The van der Waals surface area contributed by atoms with Gasteiger partial charge in [-0.2, -0.15) is 0 Å². The van der Waals surface area contributed by atoms with E-state index < -0.39 is 17.8 Å². The third-order valence-electron chi connectivity index (χ3n) is 3.87. The molecular weight excluding hydrogens is 298 g/mol. The number of hydrogen-bond donors (Lipinski definition) is 0.